The van der Waals surface area contributed by atoms with Crippen molar-refractivity contribution in [2.45, 2.75) is 85.0 Å². The summed E-state index contributed by atoms with van der Waals surface area (Å²) in [6, 6.07) is 22.2. The molecular weight excluding hydrogens is 336 g/mol. The summed E-state index contributed by atoms with van der Waals surface area (Å²) in [6.07, 6.45) is 7.97. The van der Waals surface area contributed by atoms with Gasteiger partial charge in [0.25, 0.3) is 0 Å². The van der Waals surface area contributed by atoms with E-state index in [-0.39, 0.29) is 0 Å². The maximum Gasteiger partial charge on any atom is -0.0162 e. The van der Waals surface area contributed by atoms with Crippen LogP contribution in [0.25, 0.3) is 0 Å². The Hall–Kier alpha value is -1.56. The van der Waals surface area contributed by atoms with Crippen LogP contribution in [0.4, 0.5) is 0 Å². The fraction of sp³-hybridized carbons (Fsp3) is 0.571. The molecule has 0 N–H and O–H groups in total. The van der Waals surface area contributed by atoms with Gasteiger partial charge >= 0.3 is 0 Å². The van der Waals surface area contributed by atoms with Crippen molar-refractivity contribution >= 4 is 0 Å². The molecule has 0 aliphatic heterocycles. The summed E-state index contributed by atoms with van der Waals surface area (Å²) >= 11 is 0. The van der Waals surface area contributed by atoms with Gasteiger partial charge in [-0.15, -0.1) is 0 Å². The highest BCUT2D eigenvalue weighted by Crippen LogP contribution is 2.35. The van der Waals surface area contributed by atoms with Crippen molar-refractivity contribution in [3.63, 3.8) is 0 Å². The molecule has 28 heavy (non-hydrogen) atoms. The highest BCUT2D eigenvalue weighted by molar-refractivity contribution is 5.19. The molecule has 0 radical (unpaired) electrons. The number of hydrogen-bond donors (Lipinski definition) is 0. The summed E-state index contributed by atoms with van der Waals surface area (Å²) in [6.45, 7) is 12.1. The second-order valence-electron chi connectivity index (χ2n) is 9.34. The second-order valence-corrected chi connectivity index (χ2v) is 9.34. The summed E-state index contributed by atoms with van der Waals surface area (Å²) < 4.78 is 0. The summed E-state index contributed by atoms with van der Waals surface area (Å²) in [4.78, 5) is 0. The highest BCUT2D eigenvalue weighted by Gasteiger charge is 2.22. The van der Waals surface area contributed by atoms with Gasteiger partial charge in [-0.3, -0.25) is 0 Å². The minimum atomic E-state index is 0.678. The van der Waals surface area contributed by atoms with Gasteiger partial charge in [0.2, 0.25) is 0 Å². The van der Waals surface area contributed by atoms with E-state index >= 15 is 0 Å². The molecule has 0 aliphatic rings. The predicted octanol–water partition coefficient (Wildman–Crippen LogP) is 8.84. The topological polar surface area (TPSA) is 0 Å². The van der Waals surface area contributed by atoms with Crippen LogP contribution in [-0.4, -0.2) is 0 Å². The molecule has 0 fully saturated rings. The van der Waals surface area contributed by atoms with Crippen molar-refractivity contribution in [1.82, 2.24) is 0 Å². The Kier molecular flexibility index (Phi) is 9.82. The summed E-state index contributed by atoms with van der Waals surface area (Å²) in [5.74, 6) is 3.80. The lowest BCUT2D eigenvalue weighted by atomic mass is 9.77. The van der Waals surface area contributed by atoms with E-state index in [4.69, 9.17) is 0 Å². The van der Waals surface area contributed by atoms with E-state index in [1.807, 2.05) is 0 Å². The van der Waals surface area contributed by atoms with Crippen molar-refractivity contribution in [2.75, 3.05) is 0 Å². The Bertz CT molecular complexity index is 628. The van der Waals surface area contributed by atoms with E-state index in [2.05, 4.69) is 95.3 Å². The molecule has 0 saturated heterocycles. The Morgan fingerprint density at radius 3 is 1.79 bits per heavy atom. The van der Waals surface area contributed by atoms with E-state index < -0.39 is 0 Å². The Morgan fingerprint density at radius 1 is 0.679 bits per heavy atom. The van der Waals surface area contributed by atoms with Gasteiger partial charge in [0.15, 0.2) is 0 Å². The van der Waals surface area contributed by atoms with Gasteiger partial charge in [-0.2, -0.15) is 0 Å². The van der Waals surface area contributed by atoms with Gasteiger partial charge in [-0.1, -0.05) is 108 Å². The van der Waals surface area contributed by atoms with E-state index in [1.54, 1.807) is 0 Å². The second kappa shape index (κ2) is 12.1. The third-order valence-corrected chi connectivity index (χ3v) is 6.70. The molecule has 4 unspecified atom stereocenters. The number of hydrogen-bond acceptors (Lipinski definition) is 0. The SMILES string of the molecule is CCC(CC(CC(C)CCCC(C)c1ccccc1)C(C)C)c1ccccc1. The first-order valence-corrected chi connectivity index (χ1v) is 11.6. The Balaban J connectivity index is 1.82. The zero-order chi connectivity index (χ0) is 20.4. The van der Waals surface area contributed by atoms with Gasteiger partial charge in [0, 0.05) is 0 Å². The van der Waals surface area contributed by atoms with Crippen LogP contribution in [0.3, 0.4) is 0 Å². The Morgan fingerprint density at radius 2 is 1.25 bits per heavy atom. The Labute approximate surface area is 174 Å². The standard InChI is InChI=1S/C28H42/c1-6-25(27-18-11-8-12-19-27)21-28(22(2)3)20-23(4)14-13-15-24(5)26-16-9-7-10-17-26/h7-12,16-19,22-25,28H,6,13-15,20-21H2,1-5H3. The quantitative estimate of drug-likeness (QED) is 0.346. The lowest BCUT2D eigenvalue weighted by molar-refractivity contribution is 0.260. The van der Waals surface area contributed by atoms with Gasteiger partial charge in [0.05, 0.1) is 0 Å². The average Bonchev–Trinajstić information content (AvgIpc) is 2.72. The van der Waals surface area contributed by atoms with Crippen LogP contribution < -0.4 is 0 Å². The minimum Gasteiger partial charge on any atom is -0.0648 e. The molecule has 0 aromatic heterocycles. The maximum absolute atomic E-state index is 2.48. The highest BCUT2D eigenvalue weighted by atomic mass is 14.3. The van der Waals surface area contributed by atoms with Crippen molar-refractivity contribution < 1.29 is 0 Å². The first kappa shape index (κ1) is 22.7. The van der Waals surface area contributed by atoms with Crippen LogP contribution in [-0.2, 0) is 0 Å². The van der Waals surface area contributed by atoms with E-state index in [9.17, 15) is 0 Å². The monoisotopic (exact) mass is 378 g/mol. The van der Waals surface area contributed by atoms with Crippen molar-refractivity contribution in [2.24, 2.45) is 17.8 Å². The van der Waals surface area contributed by atoms with Gasteiger partial charge in [-0.25, -0.2) is 0 Å². The lowest BCUT2D eigenvalue weighted by Crippen LogP contribution is -2.16. The lowest BCUT2D eigenvalue weighted by Gasteiger charge is -2.29. The summed E-state index contributed by atoms with van der Waals surface area (Å²) in [7, 11) is 0. The van der Waals surface area contributed by atoms with Crippen LogP contribution in [0.1, 0.15) is 96.1 Å². The number of benzene rings is 2. The third kappa shape index (κ3) is 7.46. The van der Waals surface area contributed by atoms with Crippen LogP contribution in [0.5, 0.6) is 0 Å². The zero-order valence-electron chi connectivity index (χ0n) is 18.9. The van der Waals surface area contributed by atoms with Crippen LogP contribution in [0.15, 0.2) is 60.7 Å². The van der Waals surface area contributed by atoms with E-state index in [1.165, 1.54) is 49.7 Å². The molecule has 0 nitrogen and oxygen atoms in total. The number of rotatable bonds is 12. The van der Waals surface area contributed by atoms with Crippen molar-refractivity contribution in [3.8, 4) is 0 Å². The molecule has 154 valence electrons. The van der Waals surface area contributed by atoms with Crippen molar-refractivity contribution in [1.29, 1.82) is 0 Å². The van der Waals surface area contributed by atoms with E-state index in [0.717, 1.165) is 17.8 Å². The molecule has 0 amide bonds. The molecule has 0 spiro atoms. The molecular formula is C28H42. The van der Waals surface area contributed by atoms with Gasteiger partial charge in [-0.05, 0) is 66.4 Å². The summed E-state index contributed by atoms with van der Waals surface area (Å²) in [5, 5.41) is 0. The average molecular weight is 379 g/mol. The minimum absolute atomic E-state index is 0.678. The zero-order valence-corrected chi connectivity index (χ0v) is 18.9. The molecule has 0 aliphatic carbocycles. The van der Waals surface area contributed by atoms with Crippen LogP contribution in [0.2, 0.25) is 0 Å². The molecule has 0 bridgehead atoms. The smallest absolute Gasteiger partial charge is 0.0162 e. The fourth-order valence-electron chi connectivity index (χ4n) is 4.63. The molecule has 2 aromatic carbocycles. The van der Waals surface area contributed by atoms with E-state index in [0.29, 0.717) is 11.8 Å². The molecule has 2 aromatic rings. The largest absolute Gasteiger partial charge is 0.0648 e. The van der Waals surface area contributed by atoms with Crippen molar-refractivity contribution in [3.05, 3.63) is 71.8 Å². The van der Waals surface area contributed by atoms with Gasteiger partial charge < -0.3 is 0 Å². The van der Waals surface area contributed by atoms with Crippen LogP contribution in [0, 0.1) is 17.8 Å². The first-order valence-electron chi connectivity index (χ1n) is 11.6. The van der Waals surface area contributed by atoms with Gasteiger partial charge in [0.1, 0.15) is 0 Å². The molecule has 2 rings (SSSR count). The fourth-order valence-corrected chi connectivity index (χ4v) is 4.63. The third-order valence-electron chi connectivity index (χ3n) is 6.70. The molecule has 0 saturated carbocycles. The molecule has 4 atom stereocenters. The maximum atomic E-state index is 2.48. The first-order chi connectivity index (χ1) is 13.5. The molecule has 0 heterocycles. The van der Waals surface area contributed by atoms with Crippen LogP contribution >= 0.6 is 0 Å². The molecule has 0 heteroatoms. The summed E-state index contributed by atoms with van der Waals surface area (Å²) in [5.41, 5.74) is 3.02. The normalized spacial score (nSPS) is 15.9. The predicted molar refractivity (Wildman–Crippen MR) is 125 cm³/mol.